The first-order valence-corrected chi connectivity index (χ1v) is 6.68. The van der Waals surface area contributed by atoms with Crippen molar-refractivity contribution in [2.45, 2.75) is 19.4 Å². The van der Waals surface area contributed by atoms with Crippen LogP contribution in [-0.2, 0) is 11.2 Å². The van der Waals surface area contributed by atoms with Gasteiger partial charge in [-0.2, -0.15) is 0 Å². The molecular weight excluding hydrogens is 226 g/mol. The highest BCUT2D eigenvalue weighted by atomic mass is 16.2. The van der Waals surface area contributed by atoms with E-state index in [1.54, 1.807) is 0 Å². The minimum atomic E-state index is -0.0893. The Morgan fingerprint density at radius 2 is 2.11 bits per heavy atom. The third-order valence-electron chi connectivity index (χ3n) is 3.87. The van der Waals surface area contributed by atoms with E-state index in [0.29, 0.717) is 0 Å². The minimum Gasteiger partial charge on any atom is -0.324 e. The summed E-state index contributed by atoms with van der Waals surface area (Å²) in [5.41, 5.74) is 3.44. The molecule has 4 heteroatoms. The first-order valence-electron chi connectivity index (χ1n) is 6.68. The first-order chi connectivity index (χ1) is 8.81. The van der Waals surface area contributed by atoms with Gasteiger partial charge in [0.15, 0.2) is 0 Å². The number of rotatable bonds is 2. The Bertz CT molecular complexity index is 466. The number of hydrogen-bond acceptors (Lipinski definition) is 3. The van der Waals surface area contributed by atoms with Crippen molar-refractivity contribution < 1.29 is 4.79 Å². The SMILES string of the molecule is CCc1cccc2c1NC(=O)C2N1CCNCC1. The Balaban J connectivity index is 1.96. The molecule has 0 aliphatic carbocycles. The summed E-state index contributed by atoms with van der Waals surface area (Å²) < 4.78 is 0. The summed E-state index contributed by atoms with van der Waals surface area (Å²) in [7, 11) is 0. The maximum absolute atomic E-state index is 12.2. The highest BCUT2D eigenvalue weighted by Gasteiger charge is 2.36. The monoisotopic (exact) mass is 245 g/mol. The molecule has 1 atom stereocenters. The third-order valence-corrected chi connectivity index (χ3v) is 3.87. The molecule has 4 nitrogen and oxygen atoms in total. The van der Waals surface area contributed by atoms with Gasteiger partial charge in [0.05, 0.1) is 0 Å². The molecule has 96 valence electrons. The van der Waals surface area contributed by atoms with Crippen molar-refractivity contribution in [3.8, 4) is 0 Å². The lowest BCUT2D eigenvalue weighted by Crippen LogP contribution is -2.46. The Kier molecular flexibility index (Phi) is 3.06. The molecule has 0 spiro atoms. The van der Waals surface area contributed by atoms with Crippen LogP contribution in [0.5, 0.6) is 0 Å². The van der Waals surface area contributed by atoms with Gasteiger partial charge in [-0.3, -0.25) is 9.69 Å². The number of nitrogens with zero attached hydrogens (tertiary/aromatic N) is 1. The summed E-state index contributed by atoms with van der Waals surface area (Å²) in [5, 5.41) is 6.39. The second kappa shape index (κ2) is 4.71. The molecule has 0 aromatic heterocycles. The van der Waals surface area contributed by atoms with Crippen molar-refractivity contribution in [2.24, 2.45) is 0 Å². The van der Waals surface area contributed by atoms with Crippen LogP contribution in [0.25, 0.3) is 0 Å². The molecule has 2 aliphatic rings. The van der Waals surface area contributed by atoms with Crippen LogP contribution in [-0.4, -0.2) is 37.0 Å². The van der Waals surface area contributed by atoms with E-state index in [2.05, 4.69) is 40.7 Å². The average molecular weight is 245 g/mol. The summed E-state index contributed by atoms with van der Waals surface area (Å²) >= 11 is 0. The van der Waals surface area contributed by atoms with Gasteiger partial charge in [-0.05, 0) is 12.0 Å². The largest absolute Gasteiger partial charge is 0.324 e. The van der Waals surface area contributed by atoms with Gasteiger partial charge in [0.1, 0.15) is 6.04 Å². The molecule has 2 aliphatic heterocycles. The Hall–Kier alpha value is -1.39. The highest BCUT2D eigenvalue weighted by molar-refractivity contribution is 6.03. The predicted octanol–water partition coefficient (Wildman–Crippen LogP) is 1.15. The zero-order valence-electron chi connectivity index (χ0n) is 10.7. The summed E-state index contributed by atoms with van der Waals surface area (Å²) in [5.74, 6) is 0.132. The van der Waals surface area contributed by atoms with Gasteiger partial charge in [0.25, 0.3) is 0 Å². The molecule has 1 amide bonds. The molecule has 1 fully saturated rings. The van der Waals surface area contributed by atoms with Gasteiger partial charge in [0.2, 0.25) is 5.91 Å². The number of carbonyl (C=O) groups excluding carboxylic acids is 1. The van der Waals surface area contributed by atoms with Crippen LogP contribution in [0.3, 0.4) is 0 Å². The highest BCUT2D eigenvalue weighted by Crippen LogP contribution is 2.37. The summed E-state index contributed by atoms with van der Waals surface area (Å²) in [6.07, 6.45) is 0.956. The van der Waals surface area contributed by atoms with Gasteiger partial charge in [-0.1, -0.05) is 25.1 Å². The lowest BCUT2D eigenvalue weighted by molar-refractivity contribution is -0.121. The van der Waals surface area contributed by atoms with Gasteiger partial charge in [-0.25, -0.2) is 0 Å². The van der Waals surface area contributed by atoms with Crippen molar-refractivity contribution in [3.63, 3.8) is 0 Å². The summed E-state index contributed by atoms with van der Waals surface area (Å²) in [6.45, 7) is 5.93. The van der Waals surface area contributed by atoms with Crippen LogP contribution in [0.15, 0.2) is 18.2 Å². The van der Waals surface area contributed by atoms with Crippen molar-refractivity contribution in [1.29, 1.82) is 0 Å². The van der Waals surface area contributed by atoms with Crippen LogP contribution < -0.4 is 10.6 Å². The zero-order valence-corrected chi connectivity index (χ0v) is 10.7. The predicted molar refractivity (Wildman–Crippen MR) is 71.6 cm³/mol. The lowest BCUT2D eigenvalue weighted by atomic mass is 10.0. The molecule has 1 saturated heterocycles. The van der Waals surface area contributed by atoms with Crippen LogP contribution >= 0.6 is 0 Å². The maximum Gasteiger partial charge on any atom is 0.246 e. The number of aryl methyl sites for hydroxylation is 1. The maximum atomic E-state index is 12.2. The van der Waals surface area contributed by atoms with Gasteiger partial charge in [-0.15, -0.1) is 0 Å². The molecule has 1 aromatic carbocycles. The topological polar surface area (TPSA) is 44.4 Å². The van der Waals surface area contributed by atoms with Crippen molar-refractivity contribution in [2.75, 3.05) is 31.5 Å². The number of hydrogen-bond donors (Lipinski definition) is 2. The van der Waals surface area contributed by atoms with Gasteiger partial charge in [0, 0.05) is 37.4 Å². The van der Waals surface area contributed by atoms with E-state index < -0.39 is 0 Å². The molecule has 0 radical (unpaired) electrons. The van der Waals surface area contributed by atoms with Crippen LogP contribution in [0.2, 0.25) is 0 Å². The lowest BCUT2D eigenvalue weighted by Gasteiger charge is -2.31. The van der Waals surface area contributed by atoms with E-state index in [0.717, 1.165) is 43.9 Å². The number of carbonyl (C=O) groups is 1. The Morgan fingerprint density at radius 3 is 2.83 bits per heavy atom. The summed E-state index contributed by atoms with van der Waals surface area (Å²) in [4.78, 5) is 14.5. The molecule has 1 aromatic rings. The fraction of sp³-hybridized carbons (Fsp3) is 0.500. The van der Waals surface area contributed by atoms with Gasteiger partial charge < -0.3 is 10.6 Å². The molecule has 1 unspecified atom stereocenters. The first kappa shape index (κ1) is 11.7. The number of para-hydroxylation sites is 1. The van der Waals surface area contributed by atoms with E-state index in [1.807, 2.05) is 0 Å². The normalized spacial score (nSPS) is 23.8. The number of fused-ring (bicyclic) bond motifs is 1. The Morgan fingerprint density at radius 1 is 1.33 bits per heavy atom. The fourth-order valence-corrected chi connectivity index (χ4v) is 2.93. The number of amides is 1. The van der Waals surface area contributed by atoms with E-state index in [1.165, 1.54) is 5.56 Å². The van der Waals surface area contributed by atoms with Crippen LogP contribution in [0.1, 0.15) is 24.1 Å². The second-order valence-corrected chi connectivity index (χ2v) is 4.91. The molecule has 2 N–H and O–H groups in total. The molecule has 0 bridgehead atoms. The second-order valence-electron chi connectivity index (χ2n) is 4.91. The fourth-order valence-electron chi connectivity index (χ4n) is 2.93. The molecule has 18 heavy (non-hydrogen) atoms. The number of benzene rings is 1. The van der Waals surface area contributed by atoms with Crippen molar-refractivity contribution in [1.82, 2.24) is 10.2 Å². The van der Waals surface area contributed by atoms with Crippen LogP contribution in [0.4, 0.5) is 5.69 Å². The van der Waals surface area contributed by atoms with Gasteiger partial charge >= 0.3 is 0 Å². The smallest absolute Gasteiger partial charge is 0.246 e. The number of anilines is 1. The molecular formula is C14H19N3O. The number of nitrogens with one attached hydrogen (secondary N) is 2. The average Bonchev–Trinajstić information content (AvgIpc) is 2.75. The van der Waals surface area contributed by atoms with E-state index in [4.69, 9.17) is 0 Å². The van der Waals surface area contributed by atoms with E-state index >= 15 is 0 Å². The standard InChI is InChI=1S/C14H19N3O/c1-2-10-4-3-5-11-12(10)16-14(18)13(11)17-8-6-15-7-9-17/h3-5,13,15H,2,6-9H2,1H3,(H,16,18). The zero-order chi connectivity index (χ0) is 12.5. The van der Waals surface area contributed by atoms with E-state index in [-0.39, 0.29) is 11.9 Å². The van der Waals surface area contributed by atoms with Crippen LogP contribution in [0, 0.1) is 0 Å². The van der Waals surface area contributed by atoms with Crippen molar-refractivity contribution >= 4 is 11.6 Å². The molecule has 0 saturated carbocycles. The summed E-state index contributed by atoms with van der Waals surface area (Å²) in [6, 6.07) is 6.15. The Labute approximate surface area is 107 Å². The number of piperazine rings is 1. The quantitative estimate of drug-likeness (QED) is 0.821. The molecule has 3 rings (SSSR count). The molecule has 2 heterocycles. The third kappa shape index (κ3) is 1.82. The minimum absolute atomic E-state index is 0.0893. The van der Waals surface area contributed by atoms with E-state index in [9.17, 15) is 4.79 Å². The van der Waals surface area contributed by atoms with Crippen molar-refractivity contribution in [3.05, 3.63) is 29.3 Å².